The first-order chi connectivity index (χ1) is 16.6. The molecule has 0 fully saturated rings. The highest BCUT2D eigenvalue weighted by Gasteiger charge is 2.23. The Balaban J connectivity index is 1.81. The number of nitrogens with one attached hydrogen (secondary N) is 2. The number of rotatable bonds is 8. The number of carbonyl (C=O) groups excluding carboxylic acids is 2. The molecule has 35 heavy (non-hydrogen) atoms. The van der Waals surface area contributed by atoms with Crippen LogP contribution in [0, 0.1) is 13.8 Å². The molecule has 0 bridgehead atoms. The number of urea groups is 1. The van der Waals surface area contributed by atoms with Crippen molar-refractivity contribution in [3.05, 3.63) is 71.4 Å². The van der Waals surface area contributed by atoms with E-state index in [0.717, 1.165) is 22.5 Å². The van der Waals surface area contributed by atoms with Crippen LogP contribution in [-0.4, -0.2) is 53.4 Å². The Morgan fingerprint density at radius 1 is 1.03 bits per heavy atom. The fourth-order valence-electron chi connectivity index (χ4n) is 3.44. The average Bonchev–Trinajstić information content (AvgIpc) is 3.22. The maximum atomic E-state index is 13.1. The Bertz CT molecular complexity index is 1160. The van der Waals surface area contributed by atoms with Crippen molar-refractivity contribution in [2.45, 2.75) is 40.0 Å². The van der Waals surface area contributed by atoms with Crippen molar-refractivity contribution >= 4 is 23.4 Å². The summed E-state index contributed by atoms with van der Waals surface area (Å²) < 4.78 is 6.88. The third kappa shape index (κ3) is 6.93. The molecule has 0 aliphatic heterocycles. The molecule has 0 saturated heterocycles. The smallest absolute Gasteiger partial charge is 0.322 e. The summed E-state index contributed by atoms with van der Waals surface area (Å²) in [5.41, 5.74) is 4.27. The number of carbonyl (C=O) groups is 2. The standard InChI is InChI=1S/C27H35N5O3/c1-19-11-13-21(14-12-19)32-24(17-23(30-32)27(3,4)5)29-25(33)18-31(15-16-35-6)26(34)28-22-10-8-7-9-20(22)2/h7-14,17H,15-16,18H2,1-6H3,(H,28,34)(H,29,33). The van der Waals surface area contributed by atoms with E-state index in [0.29, 0.717) is 18.1 Å². The predicted molar refractivity (Wildman–Crippen MR) is 139 cm³/mol. The number of methoxy groups -OCH3 is 1. The average molecular weight is 478 g/mol. The van der Waals surface area contributed by atoms with E-state index in [-0.39, 0.29) is 30.4 Å². The molecule has 2 aromatic carbocycles. The van der Waals surface area contributed by atoms with E-state index in [1.807, 2.05) is 68.4 Å². The van der Waals surface area contributed by atoms with Gasteiger partial charge >= 0.3 is 6.03 Å². The zero-order valence-corrected chi connectivity index (χ0v) is 21.4. The second-order valence-electron chi connectivity index (χ2n) is 9.62. The SMILES string of the molecule is COCCN(CC(=O)Nc1cc(C(C)(C)C)nn1-c1ccc(C)cc1)C(=O)Nc1ccccc1C. The monoisotopic (exact) mass is 477 g/mol. The normalized spacial score (nSPS) is 11.3. The summed E-state index contributed by atoms with van der Waals surface area (Å²) in [5.74, 6) is 0.226. The Morgan fingerprint density at radius 2 is 1.71 bits per heavy atom. The summed E-state index contributed by atoms with van der Waals surface area (Å²) in [6.07, 6.45) is 0. The zero-order chi connectivity index (χ0) is 25.6. The molecule has 0 aliphatic carbocycles. The maximum absolute atomic E-state index is 13.1. The number of para-hydroxylation sites is 1. The van der Waals surface area contributed by atoms with Crippen molar-refractivity contribution < 1.29 is 14.3 Å². The Hall–Kier alpha value is -3.65. The van der Waals surface area contributed by atoms with Crippen LogP contribution in [0.3, 0.4) is 0 Å². The molecular formula is C27H35N5O3. The van der Waals surface area contributed by atoms with Gasteiger partial charge in [-0.1, -0.05) is 56.7 Å². The largest absolute Gasteiger partial charge is 0.383 e. The van der Waals surface area contributed by atoms with E-state index >= 15 is 0 Å². The van der Waals surface area contributed by atoms with Gasteiger partial charge in [-0.15, -0.1) is 0 Å². The molecular weight excluding hydrogens is 442 g/mol. The van der Waals surface area contributed by atoms with Crippen molar-refractivity contribution in [1.82, 2.24) is 14.7 Å². The van der Waals surface area contributed by atoms with Crippen LogP contribution < -0.4 is 10.6 Å². The quantitative estimate of drug-likeness (QED) is 0.483. The first kappa shape index (κ1) is 26.0. The van der Waals surface area contributed by atoms with Gasteiger partial charge in [-0.05, 0) is 37.6 Å². The number of hydrogen-bond acceptors (Lipinski definition) is 4. The van der Waals surface area contributed by atoms with Crippen molar-refractivity contribution in [1.29, 1.82) is 0 Å². The molecule has 8 heteroatoms. The molecule has 3 rings (SSSR count). The first-order valence-corrected chi connectivity index (χ1v) is 11.7. The van der Waals surface area contributed by atoms with E-state index in [4.69, 9.17) is 9.84 Å². The topological polar surface area (TPSA) is 88.5 Å². The molecule has 1 aromatic heterocycles. The number of amides is 3. The van der Waals surface area contributed by atoms with Crippen LogP contribution in [0.2, 0.25) is 0 Å². The Labute approximate surface area is 207 Å². The highest BCUT2D eigenvalue weighted by atomic mass is 16.5. The number of hydrogen-bond donors (Lipinski definition) is 2. The molecule has 3 amide bonds. The van der Waals surface area contributed by atoms with Gasteiger partial charge in [0.25, 0.3) is 0 Å². The molecule has 0 unspecified atom stereocenters. The molecule has 0 atom stereocenters. The summed E-state index contributed by atoms with van der Waals surface area (Å²) in [4.78, 5) is 27.5. The number of ether oxygens (including phenoxy) is 1. The van der Waals surface area contributed by atoms with Gasteiger partial charge in [0.1, 0.15) is 12.4 Å². The van der Waals surface area contributed by atoms with E-state index in [2.05, 4.69) is 31.4 Å². The lowest BCUT2D eigenvalue weighted by Crippen LogP contribution is -2.42. The van der Waals surface area contributed by atoms with Gasteiger partial charge in [0.05, 0.1) is 18.0 Å². The number of nitrogens with zero attached hydrogens (tertiary/aromatic N) is 3. The van der Waals surface area contributed by atoms with Crippen molar-refractivity contribution in [3.8, 4) is 5.69 Å². The van der Waals surface area contributed by atoms with E-state index < -0.39 is 0 Å². The molecule has 3 aromatic rings. The lowest BCUT2D eigenvalue weighted by Gasteiger charge is -2.23. The van der Waals surface area contributed by atoms with Gasteiger partial charge in [0, 0.05) is 30.8 Å². The Kier molecular flexibility index (Phi) is 8.30. The molecule has 0 saturated carbocycles. The highest BCUT2D eigenvalue weighted by Crippen LogP contribution is 2.26. The molecule has 0 spiro atoms. The molecule has 0 aliphatic rings. The first-order valence-electron chi connectivity index (χ1n) is 11.7. The summed E-state index contributed by atoms with van der Waals surface area (Å²) in [7, 11) is 1.56. The second-order valence-corrected chi connectivity index (χ2v) is 9.62. The minimum Gasteiger partial charge on any atom is -0.383 e. The van der Waals surface area contributed by atoms with Crippen molar-refractivity contribution in [3.63, 3.8) is 0 Å². The zero-order valence-electron chi connectivity index (χ0n) is 21.4. The molecule has 186 valence electrons. The van der Waals surface area contributed by atoms with Crippen LogP contribution in [-0.2, 0) is 14.9 Å². The lowest BCUT2D eigenvalue weighted by molar-refractivity contribution is -0.116. The van der Waals surface area contributed by atoms with E-state index in [1.54, 1.807) is 11.8 Å². The van der Waals surface area contributed by atoms with Crippen molar-refractivity contribution in [2.75, 3.05) is 37.4 Å². The number of aryl methyl sites for hydroxylation is 2. The van der Waals surface area contributed by atoms with Gasteiger partial charge in [-0.2, -0.15) is 5.10 Å². The van der Waals surface area contributed by atoms with Crippen LogP contribution in [0.25, 0.3) is 5.69 Å². The molecule has 2 N–H and O–H groups in total. The van der Waals surface area contributed by atoms with Crippen LogP contribution in [0.15, 0.2) is 54.6 Å². The van der Waals surface area contributed by atoms with Gasteiger partial charge in [-0.3, -0.25) is 4.79 Å². The predicted octanol–water partition coefficient (Wildman–Crippen LogP) is 4.91. The lowest BCUT2D eigenvalue weighted by atomic mass is 9.92. The van der Waals surface area contributed by atoms with Gasteiger partial charge < -0.3 is 20.3 Å². The summed E-state index contributed by atoms with van der Waals surface area (Å²) >= 11 is 0. The Morgan fingerprint density at radius 3 is 2.34 bits per heavy atom. The summed E-state index contributed by atoms with van der Waals surface area (Å²) in [6.45, 7) is 10.6. The number of benzene rings is 2. The fraction of sp³-hybridized carbons (Fsp3) is 0.370. The number of anilines is 2. The summed E-state index contributed by atoms with van der Waals surface area (Å²) in [6, 6.07) is 17.0. The highest BCUT2D eigenvalue weighted by molar-refractivity contribution is 5.97. The van der Waals surface area contributed by atoms with Gasteiger partial charge in [-0.25, -0.2) is 9.48 Å². The van der Waals surface area contributed by atoms with Crippen LogP contribution in [0.5, 0.6) is 0 Å². The minimum atomic E-state index is -0.367. The second kappa shape index (κ2) is 11.2. The molecule has 0 radical (unpaired) electrons. The fourth-order valence-corrected chi connectivity index (χ4v) is 3.44. The van der Waals surface area contributed by atoms with Crippen LogP contribution in [0.1, 0.15) is 37.6 Å². The maximum Gasteiger partial charge on any atom is 0.322 e. The van der Waals surface area contributed by atoms with Crippen LogP contribution >= 0.6 is 0 Å². The summed E-state index contributed by atoms with van der Waals surface area (Å²) in [5, 5.41) is 10.6. The third-order valence-corrected chi connectivity index (χ3v) is 5.60. The molecule has 8 nitrogen and oxygen atoms in total. The van der Waals surface area contributed by atoms with Gasteiger partial charge in [0.15, 0.2) is 0 Å². The van der Waals surface area contributed by atoms with E-state index in [1.165, 1.54) is 4.90 Å². The van der Waals surface area contributed by atoms with Gasteiger partial charge in [0.2, 0.25) is 5.91 Å². The third-order valence-electron chi connectivity index (χ3n) is 5.60. The minimum absolute atomic E-state index is 0.134. The van der Waals surface area contributed by atoms with Crippen LogP contribution in [0.4, 0.5) is 16.3 Å². The molecule has 1 heterocycles. The van der Waals surface area contributed by atoms with E-state index in [9.17, 15) is 9.59 Å². The number of aromatic nitrogens is 2. The van der Waals surface area contributed by atoms with Crippen molar-refractivity contribution in [2.24, 2.45) is 0 Å².